The van der Waals surface area contributed by atoms with Gasteiger partial charge in [-0.3, -0.25) is 4.79 Å². The van der Waals surface area contributed by atoms with E-state index in [9.17, 15) is 4.79 Å². The minimum absolute atomic E-state index is 0.118. The molecule has 0 saturated carbocycles. The van der Waals surface area contributed by atoms with E-state index in [0.717, 1.165) is 37.1 Å². The molecule has 0 radical (unpaired) electrons. The molecule has 0 bridgehead atoms. The zero-order valence-electron chi connectivity index (χ0n) is 14.3. The smallest absolute Gasteiger partial charge is 0.254 e. The van der Waals surface area contributed by atoms with Crippen molar-refractivity contribution in [2.45, 2.75) is 25.4 Å². The third-order valence-corrected chi connectivity index (χ3v) is 5.81. The fraction of sp³-hybridized carbons (Fsp3) is 0.500. The third-order valence-electron chi connectivity index (χ3n) is 5.13. The summed E-state index contributed by atoms with van der Waals surface area (Å²) in [5.41, 5.74) is 1.69. The number of nitrogens with zero attached hydrogens (tertiary/aromatic N) is 3. The van der Waals surface area contributed by atoms with Crippen molar-refractivity contribution in [3.8, 4) is 0 Å². The van der Waals surface area contributed by atoms with Gasteiger partial charge in [-0.15, -0.1) is 0 Å². The Morgan fingerprint density at radius 1 is 1.44 bits per heavy atom. The van der Waals surface area contributed by atoms with Gasteiger partial charge in [-0.25, -0.2) is 9.97 Å². The number of rotatable bonds is 5. The maximum absolute atomic E-state index is 12.4. The number of aromatic nitrogens is 2. The van der Waals surface area contributed by atoms with Gasteiger partial charge >= 0.3 is 0 Å². The van der Waals surface area contributed by atoms with Crippen LogP contribution in [0.25, 0.3) is 0 Å². The monoisotopic (exact) mass is 358 g/mol. The number of anilines is 1. The number of carbonyl (C=O) groups excluding carboxylic acids is 1. The topological polar surface area (TPSA) is 67.4 Å². The second-order valence-corrected chi connectivity index (χ2v) is 7.65. The maximum atomic E-state index is 12.4. The summed E-state index contributed by atoms with van der Waals surface area (Å²) in [7, 11) is 0. The molecule has 4 rings (SSSR count). The van der Waals surface area contributed by atoms with Crippen LogP contribution in [-0.4, -0.2) is 52.6 Å². The van der Waals surface area contributed by atoms with E-state index in [4.69, 9.17) is 4.74 Å². The number of aryl methyl sites for hydroxylation is 1. The molecule has 2 aliphatic heterocycles. The summed E-state index contributed by atoms with van der Waals surface area (Å²) in [6.45, 7) is 4.98. The van der Waals surface area contributed by atoms with Crippen molar-refractivity contribution >= 4 is 23.2 Å². The molecular formula is C18H22N4O2S. The minimum atomic E-state index is -0.151. The van der Waals surface area contributed by atoms with Crippen LogP contribution >= 0.6 is 11.3 Å². The molecule has 1 N–H and O–H groups in total. The molecule has 0 aromatic carbocycles. The van der Waals surface area contributed by atoms with Crippen molar-refractivity contribution in [1.82, 2.24) is 14.9 Å². The summed E-state index contributed by atoms with van der Waals surface area (Å²) in [6.07, 6.45) is 5.68. The Bertz CT molecular complexity index is 726. The van der Waals surface area contributed by atoms with Gasteiger partial charge < -0.3 is 15.0 Å². The fourth-order valence-electron chi connectivity index (χ4n) is 3.70. The van der Waals surface area contributed by atoms with Gasteiger partial charge in [0.25, 0.3) is 5.91 Å². The molecule has 25 heavy (non-hydrogen) atoms. The lowest BCUT2D eigenvalue weighted by molar-refractivity contribution is -0.117. The number of thiophene rings is 1. The zero-order valence-corrected chi connectivity index (χ0v) is 15.1. The van der Waals surface area contributed by atoms with E-state index in [1.165, 1.54) is 0 Å². The first-order valence-electron chi connectivity index (χ1n) is 8.64. The van der Waals surface area contributed by atoms with Crippen LogP contribution in [-0.2, 0) is 4.74 Å². The second-order valence-electron chi connectivity index (χ2n) is 6.87. The van der Waals surface area contributed by atoms with Crippen LogP contribution in [0.2, 0.25) is 0 Å². The second kappa shape index (κ2) is 6.72. The van der Waals surface area contributed by atoms with E-state index >= 15 is 0 Å². The number of carbonyl (C=O) groups is 1. The number of nitrogens with one attached hydrogen (secondary N) is 1. The lowest BCUT2D eigenvalue weighted by atomic mass is 9.78. The molecule has 6 nitrogen and oxygen atoms in total. The number of likely N-dealkylation sites (tertiary alicyclic amines) is 1. The number of hydrogen-bond acceptors (Lipinski definition) is 6. The molecule has 0 aliphatic carbocycles. The van der Waals surface area contributed by atoms with Crippen LogP contribution in [0.5, 0.6) is 0 Å². The van der Waals surface area contributed by atoms with Gasteiger partial charge in [0.05, 0.1) is 18.7 Å². The Morgan fingerprint density at radius 3 is 2.96 bits per heavy atom. The summed E-state index contributed by atoms with van der Waals surface area (Å²) >= 11 is 1.56. The van der Waals surface area contributed by atoms with Crippen molar-refractivity contribution in [3.63, 3.8) is 0 Å². The average Bonchev–Trinajstić information content (AvgIpc) is 3.24. The molecule has 4 heterocycles. The van der Waals surface area contributed by atoms with E-state index in [2.05, 4.69) is 15.3 Å². The van der Waals surface area contributed by atoms with Crippen molar-refractivity contribution in [3.05, 3.63) is 40.3 Å². The van der Waals surface area contributed by atoms with E-state index in [1.54, 1.807) is 11.3 Å². The standard InChI is InChI=1S/C18H22N4O2S/c1-13-8-20-17(21-9-13)19-5-2-15-3-6-24-18(15)11-22(12-18)16(23)14-4-7-25-10-14/h4,7-10,15H,2-3,5-6,11-12H2,1H3,(H,19,20,21). The highest BCUT2D eigenvalue weighted by molar-refractivity contribution is 7.08. The zero-order chi connectivity index (χ0) is 17.3. The van der Waals surface area contributed by atoms with Gasteiger partial charge in [0.2, 0.25) is 5.95 Å². The van der Waals surface area contributed by atoms with Gasteiger partial charge in [0.1, 0.15) is 5.60 Å². The highest BCUT2D eigenvalue weighted by Gasteiger charge is 2.54. The van der Waals surface area contributed by atoms with Crippen molar-refractivity contribution in [2.24, 2.45) is 5.92 Å². The molecule has 132 valence electrons. The van der Waals surface area contributed by atoms with E-state index in [-0.39, 0.29) is 11.5 Å². The normalized spacial score (nSPS) is 21.3. The Kier molecular flexibility index (Phi) is 4.43. The third kappa shape index (κ3) is 3.26. The highest BCUT2D eigenvalue weighted by Crippen LogP contribution is 2.42. The lowest BCUT2D eigenvalue weighted by Gasteiger charge is -2.50. The molecule has 1 unspecified atom stereocenters. The number of amides is 1. The molecule has 7 heteroatoms. The van der Waals surface area contributed by atoms with Crippen LogP contribution < -0.4 is 5.32 Å². The van der Waals surface area contributed by atoms with Crippen LogP contribution in [0.4, 0.5) is 5.95 Å². The lowest BCUT2D eigenvalue weighted by Crippen LogP contribution is -2.66. The molecule has 1 amide bonds. The van der Waals surface area contributed by atoms with Crippen molar-refractivity contribution in [1.29, 1.82) is 0 Å². The summed E-state index contributed by atoms with van der Waals surface area (Å²) in [5.74, 6) is 1.26. The molecule has 2 fully saturated rings. The Labute approximate surface area is 151 Å². The highest BCUT2D eigenvalue weighted by atomic mass is 32.1. The van der Waals surface area contributed by atoms with E-state index < -0.39 is 0 Å². The molecule has 2 aromatic heterocycles. The molecular weight excluding hydrogens is 336 g/mol. The fourth-order valence-corrected chi connectivity index (χ4v) is 4.33. The summed E-state index contributed by atoms with van der Waals surface area (Å²) in [4.78, 5) is 22.9. The van der Waals surface area contributed by atoms with Gasteiger partial charge in [-0.05, 0) is 42.7 Å². The molecule has 2 aromatic rings. The van der Waals surface area contributed by atoms with Crippen molar-refractivity contribution < 1.29 is 9.53 Å². The summed E-state index contributed by atoms with van der Waals surface area (Å²) in [6, 6.07) is 1.89. The average molecular weight is 358 g/mol. The summed E-state index contributed by atoms with van der Waals surface area (Å²) < 4.78 is 6.05. The van der Waals surface area contributed by atoms with Gasteiger partial charge in [-0.2, -0.15) is 11.3 Å². The van der Waals surface area contributed by atoms with Gasteiger partial charge in [0.15, 0.2) is 0 Å². The first kappa shape index (κ1) is 16.5. The largest absolute Gasteiger partial charge is 0.371 e. The summed E-state index contributed by atoms with van der Waals surface area (Å²) in [5, 5.41) is 7.13. The Hall–Kier alpha value is -1.99. The van der Waals surface area contributed by atoms with E-state index in [0.29, 0.717) is 25.0 Å². The van der Waals surface area contributed by atoms with Crippen LogP contribution in [0.1, 0.15) is 28.8 Å². The predicted molar refractivity (Wildman–Crippen MR) is 96.9 cm³/mol. The predicted octanol–water partition coefficient (Wildman–Crippen LogP) is 2.58. The first-order valence-corrected chi connectivity index (χ1v) is 9.58. The van der Waals surface area contributed by atoms with Gasteiger partial charge in [-0.1, -0.05) is 0 Å². The van der Waals surface area contributed by atoms with Crippen molar-refractivity contribution in [2.75, 3.05) is 31.6 Å². The molecule has 2 aliphatic rings. The molecule has 1 atom stereocenters. The maximum Gasteiger partial charge on any atom is 0.254 e. The first-order chi connectivity index (χ1) is 12.2. The minimum Gasteiger partial charge on any atom is -0.371 e. The quantitative estimate of drug-likeness (QED) is 0.890. The molecule has 2 saturated heterocycles. The van der Waals surface area contributed by atoms with Gasteiger partial charge in [0, 0.05) is 30.9 Å². The van der Waals surface area contributed by atoms with E-state index in [1.807, 2.05) is 41.0 Å². The number of ether oxygens (including phenoxy) is 1. The Morgan fingerprint density at radius 2 is 2.24 bits per heavy atom. The van der Waals surface area contributed by atoms with Crippen LogP contribution in [0.15, 0.2) is 29.2 Å². The SMILES string of the molecule is Cc1cnc(NCCC2CCOC23CN(C(=O)c2ccsc2)C3)nc1. The Balaban J connectivity index is 1.29. The number of hydrogen-bond donors (Lipinski definition) is 1. The van der Waals surface area contributed by atoms with Crippen LogP contribution in [0, 0.1) is 12.8 Å². The molecule has 1 spiro atoms. The van der Waals surface area contributed by atoms with Crippen LogP contribution in [0.3, 0.4) is 0 Å².